The average molecular weight is 178 g/mol. The summed E-state index contributed by atoms with van der Waals surface area (Å²) >= 11 is 4.55. The summed E-state index contributed by atoms with van der Waals surface area (Å²) in [5.41, 5.74) is 0. The lowest BCUT2D eigenvalue weighted by molar-refractivity contribution is 0.196. The molecule has 2 heterocycles. The smallest absolute Gasteiger partial charge is 0.0577 e. The molecule has 2 rings (SSSR count). The van der Waals surface area contributed by atoms with Crippen LogP contribution in [0.1, 0.15) is 0 Å². The largest absolute Gasteiger partial charge is 0.384 e. The molecular formula is C7H14OS2. The van der Waals surface area contributed by atoms with E-state index in [2.05, 4.69) is 18.9 Å². The molecule has 0 saturated carbocycles. The van der Waals surface area contributed by atoms with Crippen LogP contribution in [0.25, 0.3) is 0 Å². The Morgan fingerprint density at radius 2 is 2.40 bits per heavy atom. The van der Waals surface area contributed by atoms with Crippen molar-refractivity contribution in [3.8, 4) is 0 Å². The Balaban J connectivity index is 1.97. The first kappa shape index (κ1) is 7.32. The van der Waals surface area contributed by atoms with Gasteiger partial charge >= 0.3 is 0 Å². The highest BCUT2D eigenvalue weighted by atomic mass is 32.3. The minimum absolute atomic E-state index is 0.168. The number of hydrogen-bond donors (Lipinski definition) is 1. The Morgan fingerprint density at radius 1 is 1.70 bits per heavy atom. The molecule has 0 aromatic heterocycles. The van der Waals surface area contributed by atoms with Crippen LogP contribution in [0.15, 0.2) is 0 Å². The van der Waals surface area contributed by atoms with Crippen molar-refractivity contribution in [3.05, 3.63) is 0 Å². The summed E-state index contributed by atoms with van der Waals surface area (Å²) in [5.74, 6) is 1.47. The van der Waals surface area contributed by atoms with E-state index in [0.717, 1.165) is 17.1 Å². The average Bonchev–Trinajstić information content (AvgIpc) is 2.54. The molecule has 2 fully saturated rings. The highest BCUT2D eigenvalue weighted by Crippen LogP contribution is 2.80. The first-order chi connectivity index (χ1) is 4.70. The highest BCUT2D eigenvalue weighted by Gasteiger charge is 2.65. The van der Waals surface area contributed by atoms with Crippen LogP contribution in [-0.2, 0) is 4.74 Å². The molecule has 0 bridgehead atoms. The van der Waals surface area contributed by atoms with E-state index in [4.69, 9.17) is 4.74 Å². The van der Waals surface area contributed by atoms with Gasteiger partial charge in [-0.15, -0.1) is 0 Å². The third-order valence-electron chi connectivity index (χ3n) is 2.88. The highest BCUT2D eigenvalue weighted by molar-refractivity contribution is 8.42. The Hall–Kier alpha value is 0.660. The van der Waals surface area contributed by atoms with Crippen LogP contribution < -0.4 is 0 Å². The molecule has 1 nitrogen and oxygen atoms in total. The maximum Gasteiger partial charge on any atom is 0.0577 e. The zero-order valence-corrected chi connectivity index (χ0v) is 8.12. The van der Waals surface area contributed by atoms with Crippen LogP contribution in [0, 0.1) is 0 Å². The van der Waals surface area contributed by atoms with Crippen LogP contribution in [-0.4, -0.2) is 41.5 Å². The number of rotatable bonds is 2. The van der Waals surface area contributed by atoms with Gasteiger partial charge in [0.1, 0.15) is 0 Å². The summed E-state index contributed by atoms with van der Waals surface area (Å²) in [6.07, 6.45) is 2.44. The third-order valence-corrected chi connectivity index (χ3v) is 8.31. The standard InChI is InChI=1S/C7H14OS2/c1-8-3-5-7(9)6-4-10(5,6)2/h5-7,9H,3-4H2,1-2H3. The van der Waals surface area contributed by atoms with Crippen LogP contribution in [0.2, 0.25) is 0 Å². The van der Waals surface area contributed by atoms with Gasteiger partial charge in [-0.1, -0.05) is 0 Å². The van der Waals surface area contributed by atoms with E-state index in [1.165, 1.54) is 5.75 Å². The molecule has 0 amide bonds. The van der Waals surface area contributed by atoms with Gasteiger partial charge in [0.2, 0.25) is 0 Å². The predicted molar refractivity (Wildman–Crippen MR) is 50.6 cm³/mol. The van der Waals surface area contributed by atoms with Crippen LogP contribution in [0.3, 0.4) is 0 Å². The van der Waals surface area contributed by atoms with Gasteiger partial charge in [0.05, 0.1) is 6.61 Å². The minimum Gasteiger partial charge on any atom is -0.384 e. The summed E-state index contributed by atoms with van der Waals surface area (Å²) in [4.78, 5) is 0. The van der Waals surface area contributed by atoms with Crippen LogP contribution in [0.5, 0.6) is 0 Å². The molecule has 10 heavy (non-hydrogen) atoms. The Morgan fingerprint density at radius 3 is 2.80 bits per heavy atom. The lowest BCUT2D eigenvalue weighted by Gasteiger charge is -2.42. The Bertz CT molecular complexity index is 162. The number of ether oxygens (including phenoxy) is 1. The summed E-state index contributed by atoms with van der Waals surface area (Å²) < 4.78 is 5.15. The van der Waals surface area contributed by atoms with Gasteiger partial charge in [0.15, 0.2) is 0 Å². The van der Waals surface area contributed by atoms with Crippen molar-refractivity contribution in [3.63, 3.8) is 0 Å². The van der Waals surface area contributed by atoms with Crippen LogP contribution >= 0.6 is 22.7 Å². The van der Waals surface area contributed by atoms with Crippen molar-refractivity contribution in [2.75, 3.05) is 25.7 Å². The molecule has 0 aliphatic carbocycles. The number of methoxy groups -OCH3 is 1. The fourth-order valence-electron chi connectivity index (χ4n) is 1.97. The van der Waals surface area contributed by atoms with Crippen LogP contribution in [0.4, 0.5) is 0 Å². The third kappa shape index (κ3) is 0.715. The van der Waals surface area contributed by atoms with E-state index in [1.807, 2.05) is 0 Å². The molecule has 2 aliphatic heterocycles. The molecule has 2 saturated heterocycles. The minimum atomic E-state index is -0.168. The lowest BCUT2D eigenvalue weighted by atomic mass is 10.2. The summed E-state index contributed by atoms with van der Waals surface area (Å²) in [6, 6.07) is 0. The van der Waals surface area contributed by atoms with Crippen molar-refractivity contribution in [2.24, 2.45) is 0 Å². The quantitative estimate of drug-likeness (QED) is 0.493. The SMILES string of the molecule is COCC1C(S)C2CS12C. The van der Waals surface area contributed by atoms with E-state index in [1.54, 1.807) is 7.11 Å². The molecule has 3 heteroatoms. The molecule has 4 atom stereocenters. The van der Waals surface area contributed by atoms with Crippen molar-refractivity contribution < 1.29 is 4.74 Å². The monoisotopic (exact) mass is 178 g/mol. The molecule has 60 valence electrons. The van der Waals surface area contributed by atoms with Gasteiger partial charge in [-0.3, -0.25) is 0 Å². The van der Waals surface area contributed by atoms with Gasteiger partial charge in [-0.2, -0.15) is 12.6 Å². The molecule has 0 spiro atoms. The van der Waals surface area contributed by atoms with E-state index in [9.17, 15) is 0 Å². The fourth-order valence-corrected chi connectivity index (χ4v) is 7.97. The molecule has 0 aromatic rings. The molecule has 0 radical (unpaired) electrons. The first-order valence-electron chi connectivity index (χ1n) is 3.61. The van der Waals surface area contributed by atoms with E-state index in [0.29, 0.717) is 5.25 Å². The number of thiol groups is 1. The Kier molecular flexibility index (Phi) is 1.52. The maximum atomic E-state index is 5.15. The van der Waals surface area contributed by atoms with Gasteiger partial charge in [0.25, 0.3) is 0 Å². The van der Waals surface area contributed by atoms with Gasteiger partial charge in [-0.05, 0) is 12.0 Å². The fraction of sp³-hybridized carbons (Fsp3) is 1.00. The van der Waals surface area contributed by atoms with E-state index < -0.39 is 0 Å². The predicted octanol–water partition coefficient (Wildman–Crippen LogP) is 1.13. The topological polar surface area (TPSA) is 9.23 Å². The molecule has 2 aliphatic rings. The van der Waals surface area contributed by atoms with Gasteiger partial charge in [-0.25, -0.2) is 10.0 Å². The van der Waals surface area contributed by atoms with Crippen molar-refractivity contribution in [2.45, 2.75) is 15.7 Å². The lowest BCUT2D eigenvalue weighted by Crippen LogP contribution is -2.40. The second-order valence-electron chi connectivity index (χ2n) is 3.42. The van der Waals surface area contributed by atoms with E-state index >= 15 is 0 Å². The normalized spacial score (nSPS) is 63.7. The maximum absolute atomic E-state index is 5.15. The molecule has 0 N–H and O–H groups in total. The zero-order valence-electron chi connectivity index (χ0n) is 6.41. The Labute approximate surface area is 69.2 Å². The zero-order chi connectivity index (χ0) is 7.35. The molecule has 0 aromatic carbocycles. The molecular weight excluding hydrogens is 164 g/mol. The summed E-state index contributed by atoms with van der Waals surface area (Å²) in [7, 11) is 1.62. The first-order valence-corrected chi connectivity index (χ1v) is 6.46. The summed E-state index contributed by atoms with van der Waals surface area (Å²) in [5, 5.41) is 2.47. The van der Waals surface area contributed by atoms with Crippen molar-refractivity contribution in [1.82, 2.24) is 0 Å². The van der Waals surface area contributed by atoms with Gasteiger partial charge < -0.3 is 4.74 Å². The number of fused-ring (bicyclic) bond motifs is 1. The van der Waals surface area contributed by atoms with Gasteiger partial charge in [0, 0.05) is 22.9 Å². The van der Waals surface area contributed by atoms with Crippen molar-refractivity contribution >= 4 is 22.7 Å². The van der Waals surface area contributed by atoms with E-state index in [-0.39, 0.29) is 10.0 Å². The van der Waals surface area contributed by atoms with Crippen molar-refractivity contribution in [1.29, 1.82) is 0 Å². The second kappa shape index (κ2) is 2.08. The summed E-state index contributed by atoms with van der Waals surface area (Å²) in [6.45, 7) is 0.941. The second-order valence-corrected chi connectivity index (χ2v) is 8.02. The molecule has 4 unspecified atom stereocenters. The number of hydrogen-bond acceptors (Lipinski definition) is 2.